The zero-order chi connectivity index (χ0) is 9.92. The number of oxime groups is 1. The molecule has 78 valence electrons. The molecule has 1 saturated heterocycles. The Balaban J connectivity index is 1.92. The summed E-state index contributed by atoms with van der Waals surface area (Å²) in [7, 11) is 0. The quantitative estimate of drug-likeness (QED) is 0.591. The van der Waals surface area contributed by atoms with Gasteiger partial charge in [0, 0.05) is 0 Å². The lowest BCUT2D eigenvalue weighted by atomic mass is 10.1. The summed E-state index contributed by atoms with van der Waals surface area (Å²) in [6.45, 7) is 4.20. The highest BCUT2D eigenvalue weighted by molar-refractivity contribution is 5.95. The molecule has 2 aliphatic heterocycles. The van der Waals surface area contributed by atoms with Gasteiger partial charge in [-0.25, -0.2) is 0 Å². The second-order valence-electron chi connectivity index (χ2n) is 4.43. The first-order valence-electron chi connectivity index (χ1n) is 4.82. The lowest BCUT2D eigenvalue weighted by molar-refractivity contribution is -0.156. The fraction of sp³-hybridized carbons (Fsp3) is 0.889. The number of hydrogen-bond acceptors (Lipinski definition) is 5. The van der Waals surface area contributed by atoms with Crippen LogP contribution in [0.3, 0.4) is 0 Å². The van der Waals surface area contributed by atoms with E-state index in [-0.39, 0.29) is 18.1 Å². The Bertz CT molecular complexity index is 301. The molecule has 2 heterocycles. The molecule has 3 rings (SSSR count). The fourth-order valence-electron chi connectivity index (χ4n) is 2.42. The second kappa shape index (κ2) is 2.48. The van der Waals surface area contributed by atoms with E-state index in [0.29, 0.717) is 12.3 Å². The first-order valence-corrected chi connectivity index (χ1v) is 4.82. The monoisotopic (exact) mass is 199 g/mol. The first kappa shape index (κ1) is 8.64. The van der Waals surface area contributed by atoms with Gasteiger partial charge in [-0.2, -0.15) is 0 Å². The minimum Gasteiger partial charge on any atom is -0.395 e. The number of ether oxygens (including phenoxy) is 2. The molecular weight excluding hydrogens is 186 g/mol. The van der Waals surface area contributed by atoms with Gasteiger partial charge in [0.1, 0.15) is 24.9 Å². The Hall–Kier alpha value is -0.650. The molecule has 0 spiro atoms. The molecule has 3 aliphatic rings. The number of nitrogens with zero attached hydrogens (tertiary/aromatic N) is 1. The van der Waals surface area contributed by atoms with E-state index >= 15 is 0 Å². The molecular formula is C9H13NO4. The van der Waals surface area contributed by atoms with Gasteiger partial charge >= 0.3 is 0 Å². The molecule has 0 bridgehead atoms. The molecule has 5 nitrogen and oxygen atoms in total. The van der Waals surface area contributed by atoms with Gasteiger partial charge in [-0.15, -0.1) is 0 Å². The predicted octanol–water partition coefficient (Wildman–Crippen LogP) is -0.117. The number of rotatable bonds is 0. The molecule has 1 saturated carbocycles. The third-order valence-electron chi connectivity index (χ3n) is 2.98. The molecule has 1 N–H and O–H groups in total. The van der Waals surface area contributed by atoms with Crippen LogP contribution >= 0.6 is 0 Å². The third kappa shape index (κ3) is 0.973. The normalized spacial score (nSPS) is 48.4. The minimum atomic E-state index is -0.672. The van der Waals surface area contributed by atoms with Crippen molar-refractivity contribution < 1.29 is 19.4 Å². The Kier molecular flexibility index (Phi) is 1.53. The van der Waals surface area contributed by atoms with Crippen molar-refractivity contribution in [2.45, 2.75) is 37.9 Å². The average Bonchev–Trinajstić information content (AvgIpc) is 2.70. The zero-order valence-electron chi connectivity index (χ0n) is 8.14. The van der Waals surface area contributed by atoms with Crippen LogP contribution in [0.25, 0.3) is 0 Å². The Labute approximate surface area is 81.6 Å². The van der Waals surface area contributed by atoms with Gasteiger partial charge < -0.3 is 19.4 Å². The molecule has 0 amide bonds. The highest BCUT2D eigenvalue weighted by Crippen LogP contribution is 2.42. The first-order chi connectivity index (χ1) is 6.58. The van der Waals surface area contributed by atoms with Gasteiger partial charge in [0.2, 0.25) is 0 Å². The summed E-state index contributed by atoms with van der Waals surface area (Å²) >= 11 is 0. The summed E-state index contributed by atoms with van der Waals surface area (Å²) in [6.07, 6.45) is -1.06. The molecule has 1 aliphatic carbocycles. The van der Waals surface area contributed by atoms with E-state index in [1.807, 2.05) is 13.8 Å². The maximum absolute atomic E-state index is 9.89. The number of aliphatic hydroxyl groups excluding tert-OH is 1. The molecule has 4 atom stereocenters. The van der Waals surface area contributed by atoms with Crippen LogP contribution in [0.1, 0.15) is 13.8 Å². The van der Waals surface area contributed by atoms with Gasteiger partial charge in [-0.05, 0) is 13.8 Å². The van der Waals surface area contributed by atoms with Gasteiger partial charge in [0.05, 0.1) is 11.6 Å². The van der Waals surface area contributed by atoms with E-state index in [9.17, 15) is 5.11 Å². The minimum absolute atomic E-state index is 0.0665. The lowest BCUT2D eigenvalue weighted by Crippen LogP contribution is -2.32. The summed E-state index contributed by atoms with van der Waals surface area (Å²) in [5.41, 5.74) is 0.676. The van der Waals surface area contributed by atoms with Crippen LogP contribution in [0.15, 0.2) is 5.16 Å². The smallest absolute Gasteiger partial charge is 0.163 e. The zero-order valence-corrected chi connectivity index (χ0v) is 8.14. The van der Waals surface area contributed by atoms with Crippen LogP contribution in [0.4, 0.5) is 0 Å². The van der Waals surface area contributed by atoms with E-state index in [4.69, 9.17) is 14.3 Å². The molecule has 0 radical (unpaired) electrons. The van der Waals surface area contributed by atoms with Crippen molar-refractivity contribution in [3.8, 4) is 0 Å². The SMILES string of the molecule is CC1(C)OC2C(O)C3=NOCC3C2O1. The Morgan fingerprint density at radius 3 is 2.86 bits per heavy atom. The van der Waals surface area contributed by atoms with Crippen molar-refractivity contribution in [2.24, 2.45) is 11.1 Å². The number of fused-ring (bicyclic) bond motifs is 3. The fourth-order valence-corrected chi connectivity index (χ4v) is 2.42. The number of hydrogen-bond donors (Lipinski definition) is 1. The lowest BCUT2D eigenvalue weighted by Gasteiger charge is -2.20. The van der Waals surface area contributed by atoms with E-state index in [0.717, 1.165) is 0 Å². The van der Waals surface area contributed by atoms with Crippen LogP contribution in [0, 0.1) is 5.92 Å². The van der Waals surface area contributed by atoms with Crippen LogP contribution in [-0.2, 0) is 14.3 Å². The average molecular weight is 199 g/mol. The van der Waals surface area contributed by atoms with E-state index in [2.05, 4.69) is 5.16 Å². The van der Waals surface area contributed by atoms with Crippen LogP contribution in [-0.4, -0.2) is 41.5 Å². The van der Waals surface area contributed by atoms with Gasteiger partial charge in [0.25, 0.3) is 0 Å². The molecule has 4 unspecified atom stereocenters. The third-order valence-corrected chi connectivity index (χ3v) is 2.98. The van der Waals surface area contributed by atoms with E-state index < -0.39 is 11.9 Å². The summed E-state index contributed by atoms with van der Waals surface area (Å²) in [6, 6.07) is 0. The Morgan fingerprint density at radius 2 is 2.07 bits per heavy atom. The standard InChI is InChI=1S/C9H13NO4/c1-9(2)13-7-4-3-12-10-5(4)6(11)8(7)14-9/h4,6-8,11H,3H2,1-2H3. The molecule has 0 aromatic heterocycles. The van der Waals surface area contributed by atoms with E-state index in [1.54, 1.807) is 0 Å². The second-order valence-corrected chi connectivity index (χ2v) is 4.43. The summed E-state index contributed by atoms with van der Waals surface area (Å²) in [5.74, 6) is -0.540. The highest BCUT2D eigenvalue weighted by atomic mass is 16.8. The van der Waals surface area contributed by atoms with Crippen LogP contribution < -0.4 is 0 Å². The summed E-state index contributed by atoms with van der Waals surface area (Å²) < 4.78 is 11.3. The van der Waals surface area contributed by atoms with Crippen LogP contribution in [0.5, 0.6) is 0 Å². The largest absolute Gasteiger partial charge is 0.395 e. The maximum atomic E-state index is 9.89. The molecule has 0 aromatic rings. The molecule has 0 aromatic carbocycles. The Morgan fingerprint density at radius 1 is 1.36 bits per heavy atom. The van der Waals surface area contributed by atoms with Crippen molar-refractivity contribution in [1.82, 2.24) is 0 Å². The van der Waals surface area contributed by atoms with Gasteiger partial charge in [0.15, 0.2) is 5.79 Å². The van der Waals surface area contributed by atoms with Crippen LogP contribution in [0.2, 0.25) is 0 Å². The summed E-state index contributed by atoms with van der Waals surface area (Å²) in [5, 5.41) is 13.7. The molecule has 14 heavy (non-hydrogen) atoms. The molecule has 2 fully saturated rings. The van der Waals surface area contributed by atoms with Crippen molar-refractivity contribution in [3.63, 3.8) is 0 Å². The predicted molar refractivity (Wildman–Crippen MR) is 46.7 cm³/mol. The van der Waals surface area contributed by atoms with Crippen molar-refractivity contribution in [1.29, 1.82) is 0 Å². The molecule has 5 heteroatoms. The highest BCUT2D eigenvalue weighted by Gasteiger charge is 2.59. The number of aliphatic hydroxyl groups is 1. The van der Waals surface area contributed by atoms with Gasteiger partial charge in [-0.3, -0.25) is 0 Å². The van der Waals surface area contributed by atoms with E-state index in [1.165, 1.54) is 0 Å². The van der Waals surface area contributed by atoms with Crippen molar-refractivity contribution in [3.05, 3.63) is 0 Å². The van der Waals surface area contributed by atoms with Crippen molar-refractivity contribution >= 4 is 5.71 Å². The summed E-state index contributed by atoms with van der Waals surface area (Å²) in [4.78, 5) is 4.95. The topological polar surface area (TPSA) is 60.3 Å². The maximum Gasteiger partial charge on any atom is 0.163 e. The van der Waals surface area contributed by atoms with Crippen molar-refractivity contribution in [2.75, 3.05) is 6.61 Å². The van der Waals surface area contributed by atoms with Gasteiger partial charge in [-0.1, -0.05) is 5.16 Å².